The van der Waals surface area contributed by atoms with E-state index in [9.17, 15) is 4.79 Å². The van der Waals surface area contributed by atoms with Gasteiger partial charge in [-0.15, -0.1) is 0 Å². The fourth-order valence-corrected chi connectivity index (χ4v) is 2.17. The van der Waals surface area contributed by atoms with Crippen molar-refractivity contribution < 1.29 is 14.3 Å². The smallest absolute Gasteiger partial charge is 0.375 e. The zero-order chi connectivity index (χ0) is 16.0. The molecule has 0 heterocycles. The number of alkyl halides is 2. The first-order chi connectivity index (χ1) is 10.5. The second kappa shape index (κ2) is 7.49. The van der Waals surface area contributed by atoms with E-state index in [4.69, 9.17) is 32.7 Å². The van der Waals surface area contributed by atoms with Crippen LogP contribution in [0.5, 0.6) is 5.75 Å². The number of hydrogen-bond donors (Lipinski definition) is 1. The maximum Gasteiger partial charge on any atom is 0.375 e. The molecule has 0 atom stereocenters. The second-order valence-electron chi connectivity index (χ2n) is 4.31. The van der Waals surface area contributed by atoms with E-state index in [2.05, 4.69) is 5.32 Å². The molecule has 0 aliphatic heterocycles. The molecular formula is C16H15Cl2NO3. The Labute approximate surface area is 138 Å². The molecule has 2 aromatic carbocycles. The summed E-state index contributed by atoms with van der Waals surface area (Å²) >= 11 is 11.8. The highest BCUT2D eigenvalue weighted by atomic mass is 35.5. The monoisotopic (exact) mass is 339 g/mol. The van der Waals surface area contributed by atoms with Crippen molar-refractivity contribution in [2.24, 2.45) is 0 Å². The molecule has 0 saturated carbocycles. The largest absolute Gasteiger partial charge is 0.436 e. The average Bonchev–Trinajstić information content (AvgIpc) is 2.48. The van der Waals surface area contributed by atoms with Gasteiger partial charge in [0.2, 0.25) is 0 Å². The molecule has 0 fully saturated rings. The summed E-state index contributed by atoms with van der Waals surface area (Å²) in [4.78, 5) is 12.4. The molecule has 0 aliphatic rings. The third-order valence-corrected chi connectivity index (χ3v) is 3.08. The summed E-state index contributed by atoms with van der Waals surface area (Å²) in [6.45, 7) is 2.00. The van der Waals surface area contributed by atoms with Crippen LogP contribution in [0.2, 0.25) is 0 Å². The number of carbonyl (C=O) groups excluding carboxylic acids is 1. The normalized spacial score (nSPS) is 11.0. The lowest BCUT2D eigenvalue weighted by atomic mass is 10.2. The van der Waals surface area contributed by atoms with Crippen molar-refractivity contribution in [2.75, 3.05) is 11.9 Å². The number of amides is 1. The first kappa shape index (κ1) is 16.6. The molecule has 0 spiro atoms. The van der Waals surface area contributed by atoms with Crippen molar-refractivity contribution in [2.45, 2.75) is 11.6 Å². The van der Waals surface area contributed by atoms with Gasteiger partial charge in [-0.25, -0.2) is 0 Å². The van der Waals surface area contributed by atoms with Crippen molar-refractivity contribution >= 4 is 34.8 Å². The van der Waals surface area contributed by atoms with Gasteiger partial charge in [0, 0.05) is 5.69 Å². The van der Waals surface area contributed by atoms with Gasteiger partial charge in [-0.05, 0) is 54.4 Å². The van der Waals surface area contributed by atoms with E-state index in [0.717, 1.165) is 0 Å². The van der Waals surface area contributed by atoms with E-state index in [0.29, 0.717) is 11.3 Å². The Morgan fingerprint density at radius 1 is 1.09 bits per heavy atom. The number of benzene rings is 2. The van der Waals surface area contributed by atoms with Crippen LogP contribution in [0.4, 0.5) is 5.69 Å². The predicted molar refractivity (Wildman–Crippen MR) is 87.5 cm³/mol. The van der Waals surface area contributed by atoms with E-state index >= 15 is 0 Å². The van der Waals surface area contributed by atoms with Crippen LogP contribution < -0.4 is 10.1 Å². The molecule has 0 aliphatic carbocycles. The number of nitrogens with one attached hydrogen (secondary N) is 1. The molecule has 0 radical (unpaired) electrons. The molecule has 1 amide bonds. The van der Waals surface area contributed by atoms with E-state index < -0.39 is 4.71 Å². The van der Waals surface area contributed by atoms with Crippen LogP contribution in [0.3, 0.4) is 0 Å². The van der Waals surface area contributed by atoms with Crippen molar-refractivity contribution in [1.29, 1.82) is 0 Å². The average molecular weight is 340 g/mol. The van der Waals surface area contributed by atoms with Gasteiger partial charge in [-0.3, -0.25) is 4.79 Å². The number of ether oxygens (including phenoxy) is 2. The van der Waals surface area contributed by atoms with Crippen LogP contribution in [0.25, 0.3) is 0 Å². The van der Waals surface area contributed by atoms with E-state index in [1.807, 2.05) is 18.2 Å². The van der Waals surface area contributed by atoms with Crippen molar-refractivity contribution in [1.82, 2.24) is 0 Å². The summed E-state index contributed by atoms with van der Waals surface area (Å²) in [5.41, 5.74) is 0.979. The first-order valence-electron chi connectivity index (χ1n) is 6.68. The Balaban J connectivity index is 2.19. The number of carbonyl (C=O) groups is 1. The SMILES string of the molecule is CCOC(Cl)(Cl)Oc1ccccc1C(=O)Nc1ccccc1. The summed E-state index contributed by atoms with van der Waals surface area (Å²) in [6.07, 6.45) is 0. The Hall–Kier alpha value is -1.75. The van der Waals surface area contributed by atoms with Crippen LogP contribution in [-0.2, 0) is 4.74 Å². The Morgan fingerprint density at radius 2 is 1.73 bits per heavy atom. The highest BCUT2D eigenvalue weighted by molar-refractivity contribution is 6.46. The fourth-order valence-electron chi connectivity index (χ4n) is 1.79. The van der Waals surface area contributed by atoms with E-state index in [1.165, 1.54) is 0 Å². The lowest BCUT2D eigenvalue weighted by Gasteiger charge is -2.21. The molecule has 0 unspecified atom stereocenters. The van der Waals surface area contributed by atoms with Crippen molar-refractivity contribution in [3.05, 3.63) is 60.2 Å². The molecule has 0 aromatic heterocycles. The minimum Gasteiger partial charge on any atom is -0.436 e. The highest BCUT2D eigenvalue weighted by Crippen LogP contribution is 2.30. The molecule has 4 nitrogen and oxygen atoms in total. The van der Waals surface area contributed by atoms with E-state index in [-0.39, 0.29) is 18.3 Å². The summed E-state index contributed by atoms with van der Waals surface area (Å²) in [5, 5.41) is 2.77. The van der Waals surface area contributed by atoms with Crippen molar-refractivity contribution in [3.63, 3.8) is 0 Å². The number of halogens is 2. The van der Waals surface area contributed by atoms with Gasteiger partial charge in [0.15, 0.2) is 0 Å². The summed E-state index contributed by atoms with van der Waals surface area (Å²) in [7, 11) is 0. The zero-order valence-corrected chi connectivity index (χ0v) is 13.4. The van der Waals surface area contributed by atoms with Crippen LogP contribution in [-0.4, -0.2) is 17.2 Å². The third kappa shape index (κ3) is 4.63. The minimum atomic E-state index is -1.85. The topological polar surface area (TPSA) is 47.6 Å². The standard InChI is InChI=1S/C16H15Cl2NO3/c1-2-21-16(17,18)22-14-11-7-6-10-13(14)15(20)19-12-8-4-3-5-9-12/h3-11H,2H2,1H3,(H,19,20). The maximum atomic E-state index is 12.4. The van der Waals surface area contributed by atoms with Gasteiger partial charge >= 0.3 is 4.71 Å². The predicted octanol–water partition coefficient (Wildman–Crippen LogP) is 4.44. The fraction of sp³-hybridized carbons (Fsp3) is 0.188. The Bertz CT molecular complexity index is 632. The van der Waals surface area contributed by atoms with Crippen LogP contribution in [0.15, 0.2) is 54.6 Å². The molecule has 2 aromatic rings. The quantitative estimate of drug-likeness (QED) is 0.625. The zero-order valence-electron chi connectivity index (χ0n) is 11.9. The lowest BCUT2D eigenvalue weighted by molar-refractivity contribution is -0.0501. The molecule has 22 heavy (non-hydrogen) atoms. The molecule has 6 heteroatoms. The van der Waals surface area contributed by atoms with Gasteiger partial charge in [-0.1, -0.05) is 30.3 Å². The Morgan fingerprint density at radius 3 is 2.41 bits per heavy atom. The minimum absolute atomic E-state index is 0.231. The number of para-hydroxylation sites is 2. The first-order valence-corrected chi connectivity index (χ1v) is 7.43. The maximum absolute atomic E-state index is 12.4. The van der Waals surface area contributed by atoms with Crippen molar-refractivity contribution in [3.8, 4) is 5.75 Å². The highest BCUT2D eigenvalue weighted by Gasteiger charge is 2.28. The van der Waals surface area contributed by atoms with Gasteiger partial charge in [0.1, 0.15) is 5.75 Å². The summed E-state index contributed by atoms with van der Waals surface area (Å²) in [5.74, 6) is -0.100. The lowest BCUT2D eigenvalue weighted by Crippen LogP contribution is -2.27. The summed E-state index contributed by atoms with van der Waals surface area (Å²) < 4.78 is 8.59. The Kier molecular flexibility index (Phi) is 5.66. The van der Waals surface area contributed by atoms with Gasteiger partial charge in [0.05, 0.1) is 12.2 Å². The molecular weight excluding hydrogens is 325 g/mol. The molecule has 1 N–H and O–H groups in total. The van der Waals surface area contributed by atoms with Gasteiger partial charge in [0.25, 0.3) is 5.91 Å². The second-order valence-corrected chi connectivity index (χ2v) is 5.50. The molecule has 0 bridgehead atoms. The van der Waals surface area contributed by atoms with Crippen LogP contribution in [0.1, 0.15) is 17.3 Å². The van der Waals surface area contributed by atoms with Crippen LogP contribution >= 0.6 is 23.2 Å². The van der Waals surface area contributed by atoms with Gasteiger partial charge < -0.3 is 14.8 Å². The summed E-state index contributed by atoms with van der Waals surface area (Å²) in [6, 6.07) is 15.7. The van der Waals surface area contributed by atoms with E-state index in [1.54, 1.807) is 43.3 Å². The number of rotatable bonds is 6. The number of anilines is 1. The van der Waals surface area contributed by atoms with Crippen LogP contribution in [0, 0.1) is 0 Å². The molecule has 0 saturated heterocycles. The molecule has 2 rings (SSSR count). The van der Waals surface area contributed by atoms with Gasteiger partial charge in [-0.2, -0.15) is 0 Å². The third-order valence-electron chi connectivity index (χ3n) is 2.70. The molecule has 116 valence electrons. The number of hydrogen-bond acceptors (Lipinski definition) is 3.